The molecule has 0 atom stereocenters. The van der Waals surface area contributed by atoms with Crippen LogP contribution in [-0.2, 0) is 0 Å². The molecule has 3 aromatic carbocycles. The molecule has 7 rings (SSSR count). The summed E-state index contributed by atoms with van der Waals surface area (Å²) in [5.74, 6) is 1.33. The maximum Gasteiger partial charge on any atom is 0.262 e. The van der Waals surface area contributed by atoms with Crippen LogP contribution in [0, 0.1) is 18.3 Å². The number of carbonyl (C=O) groups excluding carboxylic acids is 1. The lowest BCUT2D eigenvalue weighted by Gasteiger charge is -2.23. The largest absolute Gasteiger partial charge is 0.491 e. The number of nitrogens with two attached hydrogens (primary N) is 1. The predicted octanol–water partition coefficient (Wildman–Crippen LogP) is 5.97. The van der Waals surface area contributed by atoms with Crippen LogP contribution in [0.5, 0.6) is 5.75 Å². The number of H-pyrrole nitrogens is 1. The van der Waals surface area contributed by atoms with Crippen molar-refractivity contribution in [3.8, 4) is 34.3 Å². The van der Waals surface area contributed by atoms with Crippen molar-refractivity contribution in [2.75, 3.05) is 23.8 Å². The van der Waals surface area contributed by atoms with Gasteiger partial charge >= 0.3 is 0 Å². The van der Waals surface area contributed by atoms with Crippen LogP contribution >= 0.6 is 0 Å². The number of benzene rings is 3. The number of nitrogen functional groups attached to an aromatic ring is 1. The van der Waals surface area contributed by atoms with Crippen LogP contribution < -0.4 is 15.4 Å². The fraction of sp³-hybridized carbons (Fsp3) is 0.188. The number of carbonyl (C=O) groups is 1. The van der Waals surface area contributed by atoms with Gasteiger partial charge in [-0.2, -0.15) is 10.2 Å². The minimum atomic E-state index is -0.0767. The Bertz CT molecular complexity index is 1850. The lowest BCUT2D eigenvalue weighted by atomic mass is 10.00. The number of hydrogen-bond donors (Lipinski definition) is 2. The van der Waals surface area contributed by atoms with E-state index >= 15 is 0 Å². The van der Waals surface area contributed by atoms with E-state index in [4.69, 9.17) is 15.7 Å². The van der Waals surface area contributed by atoms with E-state index in [9.17, 15) is 4.79 Å². The number of amides is 1. The van der Waals surface area contributed by atoms with Crippen molar-refractivity contribution in [2.45, 2.75) is 25.7 Å². The molecule has 1 amide bonds. The molecule has 1 aliphatic heterocycles. The van der Waals surface area contributed by atoms with Crippen molar-refractivity contribution >= 4 is 28.6 Å². The molecule has 0 unspecified atom stereocenters. The van der Waals surface area contributed by atoms with E-state index in [0.29, 0.717) is 47.3 Å². The summed E-state index contributed by atoms with van der Waals surface area (Å²) in [6.07, 6.45) is 2.39. The molecule has 1 aliphatic carbocycles. The fourth-order valence-electron chi connectivity index (χ4n) is 5.51. The number of nitrogens with one attached hydrogen (secondary N) is 1. The highest BCUT2D eigenvalue weighted by Crippen LogP contribution is 2.42. The summed E-state index contributed by atoms with van der Waals surface area (Å²) in [5, 5.41) is 9.96. The Kier molecular flexibility index (Phi) is 5.53. The number of rotatable bonds is 4. The molecule has 5 aromatic rings. The molecule has 3 heterocycles. The van der Waals surface area contributed by atoms with Gasteiger partial charge in [0.1, 0.15) is 18.0 Å². The van der Waals surface area contributed by atoms with Crippen molar-refractivity contribution in [1.82, 2.24) is 15.0 Å². The molecule has 8 heteroatoms. The molecule has 8 nitrogen and oxygen atoms in total. The monoisotopic (exact) mass is 526 g/mol. The zero-order valence-electron chi connectivity index (χ0n) is 21.9. The van der Waals surface area contributed by atoms with Crippen LogP contribution in [0.25, 0.3) is 33.5 Å². The molecule has 1 saturated carbocycles. The number of nitrogens with zero attached hydrogens (tertiary/aromatic N) is 4. The third kappa shape index (κ3) is 4.03. The molecule has 0 radical (unpaired) electrons. The standard InChI is InChI=1S/C32H26N6O2/c1-18-23(29-25-16-26(35-30(25)37-32(34)36-29)21-7-5-19(17-33)6-8-21)3-2-4-27(18)38-13-14-40-28-15-22(20-9-10-20)11-12-24(28)31(38)39/h2-8,11-12,15-16,20H,9-10,13-14H2,1H3,(H3,34,35,36,37). The maximum atomic E-state index is 13.8. The zero-order valence-corrected chi connectivity index (χ0v) is 21.9. The molecule has 0 saturated heterocycles. The number of ether oxygens (including phenoxy) is 1. The predicted molar refractivity (Wildman–Crippen MR) is 154 cm³/mol. The summed E-state index contributed by atoms with van der Waals surface area (Å²) in [7, 11) is 0. The summed E-state index contributed by atoms with van der Waals surface area (Å²) >= 11 is 0. The first-order valence-electron chi connectivity index (χ1n) is 13.4. The minimum absolute atomic E-state index is 0.0767. The van der Waals surface area contributed by atoms with E-state index in [1.807, 2.05) is 55.5 Å². The summed E-state index contributed by atoms with van der Waals surface area (Å²) in [5.41, 5.74) is 14.2. The van der Waals surface area contributed by atoms with E-state index in [1.54, 1.807) is 17.0 Å². The van der Waals surface area contributed by atoms with Gasteiger partial charge in [-0.15, -0.1) is 0 Å². The van der Waals surface area contributed by atoms with E-state index < -0.39 is 0 Å². The molecular formula is C32H26N6O2. The van der Waals surface area contributed by atoms with Gasteiger partial charge in [0, 0.05) is 22.3 Å². The van der Waals surface area contributed by atoms with Gasteiger partial charge in [-0.05, 0) is 78.8 Å². The molecular weight excluding hydrogens is 500 g/mol. The van der Waals surface area contributed by atoms with Crippen LogP contribution in [0.4, 0.5) is 11.6 Å². The van der Waals surface area contributed by atoms with Gasteiger partial charge in [0.25, 0.3) is 5.91 Å². The van der Waals surface area contributed by atoms with Crippen LogP contribution in [-0.4, -0.2) is 34.0 Å². The maximum absolute atomic E-state index is 13.8. The van der Waals surface area contributed by atoms with Gasteiger partial charge in [0.2, 0.25) is 5.95 Å². The summed E-state index contributed by atoms with van der Waals surface area (Å²) < 4.78 is 6.06. The Morgan fingerprint density at radius 1 is 1.05 bits per heavy atom. The van der Waals surface area contributed by atoms with Crippen molar-refractivity contribution in [1.29, 1.82) is 5.26 Å². The van der Waals surface area contributed by atoms with Crippen molar-refractivity contribution in [2.24, 2.45) is 0 Å². The second kappa shape index (κ2) is 9.24. The van der Waals surface area contributed by atoms with Crippen molar-refractivity contribution < 1.29 is 9.53 Å². The third-order valence-corrected chi connectivity index (χ3v) is 7.78. The van der Waals surface area contributed by atoms with E-state index in [-0.39, 0.29) is 11.9 Å². The smallest absolute Gasteiger partial charge is 0.262 e. The minimum Gasteiger partial charge on any atom is -0.491 e. The molecule has 2 aliphatic rings. The van der Waals surface area contributed by atoms with Gasteiger partial charge in [-0.3, -0.25) is 4.79 Å². The average Bonchev–Trinajstić information content (AvgIpc) is 3.76. The average molecular weight is 527 g/mol. The molecule has 2 aromatic heterocycles. The normalized spacial score (nSPS) is 14.9. The molecule has 40 heavy (non-hydrogen) atoms. The summed E-state index contributed by atoms with van der Waals surface area (Å²) in [4.78, 5) is 28.0. The van der Waals surface area contributed by atoms with E-state index in [1.165, 1.54) is 18.4 Å². The number of nitriles is 1. The summed E-state index contributed by atoms with van der Waals surface area (Å²) in [6, 6.07) is 23.4. The number of hydrogen-bond acceptors (Lipinski definition) is 6. The van der Waals surface area contributed by atoms with E-state index in [0.717, 1.165) is 33.5 Å². The Labute approximate surface area is 231 Å². The van der Waals surface area contributed by atoms with Crippen LogP contribution in [0.1, 0.15) is 45.8 Å². The molecule has 0 spiro atoms. The van der Waals surface area contributed by atoms with Crippen LogP contribution in [0.2, 0.25) is 0 Å². The number of fused-ring (bicyclic) bond motifs is 2. The third-order valence-electron chi connectivity index (χ3n) is 7.78. The number of aromatic nitrogens is 3. The topological polar surface area (TPSA) is 121 Å². The first-order chi connectivity index (χ1) is 19.5. The van der Waals surface area contributed by atoms with Crippen LogP contribution in [0.3, 0.4) is 0 Å². The first-order valence-corrected chi connectivity index (χ1v) is 13.4. The van der Waals surface area contributed by atoms with Crippen molar-refractivity contribution in [3.05, 3.63) is 89.0 Å². The number of aromatic amines is 1. The summed E-state index contributed by atoms with van der Waals surface area (Å²) in [6.45, 7) is 2.84. The number of anilines is 2. The van der Waals surface area contributed by atoms with Crippen molar-refractivity contribution in [3.63, 3.8) is 0 Å². The molecule has 3 N–H and O–H groups in total. The zero-order chi connectivity index (χ0) is 27.4. The van der Waals surface area contributed by atoms with E-state index in [2.05, 4.69) is 27.1 Å². The van der Waals surface area contributed by atoms with Gasteiger partial charge in [-0.25, -0.2) is 4.98 Å². The lowest BCUT2D eigenvalue weighted by molar-refractivity contribution is 0.0989. The second-order valence-electron chi connectivity index (χ2n) is 10.3. The Balaban J connectivity index is 1.30. The highest BCUT2D eigenvalue weighted by Gasteiger charge is 2.30. The second-order valence-corrected chi connectivity index (χ2v) is 10.3. The quantitative estimate of drug-likeness (QED) is 0.298. The molecule has 1 fully saturated rings. The Hall–Kier alpha value is -5.16. The lowest BCUT2D eigenvalue weighted by Crippen LogP contribution is -2.33. The van der Waals surface area contributed by atoms with Gasteiger partial charge in [-0.1, -0.05) is 30.3 Å². The molecule has 196 valence electrons. The Morgan fingerprint density at radius 2 is 1.88 bits per heavy atom. The highest BCUT2D eigenvalue weighted by atomic mass is 16.5. The molecule has 0 bridgehead atoms. The fourth-order valence-corrected chi connectivity index (χ4v) is 5.51. The highest BCUT2D eigenvalue weighted by molar-refractivity contribution is 6.09. The van der Waals surface area contributed by atoms with Gasteiger partial charge in [0.05, 0.1) is 29.4 Å². The van der Waals surface area contributed by atoms with Gasteiger partial charge in [0.15, 0.2) is 0 Å². The van der Waals surface area contributed by atoms with Gasteiger partial charge < -0.3 is 20.4 Å². The SMILES string of the molecule is Cc1c(-c2nc(N)nc3[nH]c(-c4ccc(C#N)cc4)cc23)cccc1N1CCOc2cc(C3CC3)ccc2C1=O. The van der Waals surface area contributed by atoms with Crippen LogP contribution in [0.15, 0.2) is 66.7 Å². The first kappa shape index (κ1) is 23.9. The Morgan fingerprint density at radius 3 is 2.65 bits per heavy atom.